The molecule has 0 aromatic heterocycles. The van der Waals surface area contributed by atoms with Crippen molar-refractivity contribution in [1.29, 1.82) is 0 Å². The minimum absolute atomic E-state index is 0.137. The summed E-state index contributed by atoms with van der Waals surface area (Å²) in [6.07, 6.45) is 1.14. The molecule has 0 amide bonds. The maximum atomic E-state index is 10.8. The van der Waals surface area contributed by atoms with Gasteiger partial charge in [-0.15, -0.1) is 0 Å². The highest BCUT2D eigenvalue weighted by atomic mass is 16.6. The van der Waals surface area contributed by atoms with E-state index in [2.05, 4.69) is 27.4 Å². The van der Waals surface area contributed by atoms with Gasteiger partial charge < -0.3 is 9.47 Å². The highest BCUT2D eigenvalue weighted by Crippen LogP contribution is 2.24. The number of carbonyl (C=O) groups is 1. The summed E-state index contributed by atoms with van der Waals surface area (Å²) < 4.78 is 10.3. The third kappa shape index (κ3) is 4.62. The molecule has 0 bridgehead atoms. The van der Waals surface area contributed by atoms with Gasteiger partial charge in [0.2, 0.25) is 0 Å². The van der Waals surface area contributed by atoms with E-state index in [-0.39, 0.29) is 12.0 Å². The zero-order valence-electron chi connectivity index (χ0n) is 11.2. The summed E-state index contributed by atoms with van der Waals surface area (Å²) >= 11 is 0. The first kappa shape index (κ1) is 14.3. The van der Waals surface area contributed by atoms with Crippen molar-refractivity contribution in [3.8, 4) is 5.75 Å². The molecule has 0 N–H and O–H groups in total. The fourth-order valence-corrected chi connectivity index (χ4v) is 1.41. The fourth-order valence-electron chi connectivity index (χ4n) is 1.41. The van der Waals surface area contributed by atoms with Gasteiger partial charge in [0.05, 0.1) is 0 Å². The zero-order valence-corrected chi connectivity index (χ0v) is 11.2. The van der Waals surface area contributed by atoms with Crippen LogP contribution in [-0.2, 0) is 14.9 Å². The van der Waals surface area contributed by atoms with E-state index in [1.165, 1.54) is 5.56 Å². The molecular formula is C15H20O3. The smallest absolute Gasteiger partial charge is 0.330 e. The molecule has 3 nitrogen and oxygen atoms in total. The Labute approximate surface area is 108 Å². The maximum absolute atomic E-state index is 10.8. The monoisotopic (exact) mass is 248 g/mol. The Kier molecular flexibility index (Phi) is 4.95. The van der Waals surface area contributed by atoms with Crippen LogP contribution in [0.5, 0.6) is 5.75 Å². The largest absolute Gasteiger partial charge is 0.490 e. The van der Waals surface area contributed by atoms with Gasteiger partial charge in [-0.2, -0.15) is 0 Å². The van der Waals surface area contributed by atoms with Crippen LogP contribution in [0.1, 0.15) is 26.3 Å². The lowest BCUT2D eigenvalue weighted by Gasteiger charge is -2.19. The van der Waals surface area contributed by atoms with Gasteiger partial charge in [0.25, 0.3) is 0 Å². The summed E-state index contributed by atoms with van der Waals surface area (Å²) in [4.78, 5) is 10.8. The van der Waals surface area contributed by atoms with E-state index in [1.54, 1.807) is 0 Å². The Morgan fingerprint density at radius 1 is 1.22 bits per heavy atom. The van der Waals surface area contributed by atoms with Crippen molar-refractivity contribution in [2.45, 2.75) is 26.2 Å². The molecule has 18 heavy (non-hydrogen) atoms. The van der Waals surface area contributed by atoms with Crippen LogP contribution in [-0.4, -0.2) is 19.2 Å². The molecule has 0 radical (unpaired) electrons. The molecule has 0 saturated carbocycles. The van der Waals surface area contributed by atoms with Crippen LogP contribution in [0.25, 0.3) is 0 Å². The molecule has 1 rings (SSSR count). The summed E-state index contributed by atoms with van der Waals surface area (Å²) in [6, 6.07) is 7.95. The lowest BCUT2D eigenvalue weighted by Crippen LogP contribution is -2.12. The highest BCUT2D eigenvalue weighted by molar-refractivity contribution is 5.81. The first-order chi connectivity index (χ1) is 8.43. The van der Waals surface area contributed by atoms with E-state index in [0.717, 1.165) is 11.8 Å². The molecule has 0 unspecified atom stereocenters. The summed E-state index contributed by atoms with van der Waals surface area (Å²) in [5.74, 6) is 0.347. The maximum Gasteiger partial charge on any atom is 0.330 e. The van der Waals surface area contributed by atoms with Crippen LogP contribution in [0.4, 0.5) is 0 Å². The molecule has 0 aliphatic heterocycles. The van der Waals surface area contributed by atoms with Crippen LogP contribution in [0.2, 0.25) is 0 Å². The standard InChI is InChI=1S/C15H20O3/c1-5-14(16)18-11-10-17-13-8-6-12(7-9-13)15(2,3)4/h5-9H,1,10-11H2,2-4H3. The van der Waals surface area contributed by atoms with Gasteiger partial charge in [-0.25, -0.2) is 4.79 Å². The van der Waals surface area contributed by atoms with Gasteiger partial charge >= 0.3 is 5.97 Å². The van der Waals surface area contributed by atoms with Crippen molar-refractivity contribution >= 4 is 5.97 Å². The van der Waals surface area contributed by atoms with E-state index in [9.17, 15) is 4.79 Å². The second-order valence-corrected chi connectivity index (χ2v) is 4.99. The Morgan fingerprint density at radius 2 is 1.83 bits per heavy atom. The van der Waals surface area contributed by atoms with Crippen LogP contribution >= 0.6 is 0 Å². The van der Waals surface area contributed by atoms with E-state index in [1.807, 2.05) is 24.3 Å². The Hall–Kier alpha value is -1.77. The Balaban J connectivity index is 2.40. The molecule has 0 heterocycles. The average molecular weight is 248 g/mol. The van der Waals surface area contributed by atoms with Crippen LogP contribution in [0.3, 0.4) is 0 Å². The van der Waals surface area contributed by atoms with Gasteiger partial charge in [0.1, 0.15) is 19.0 Å². The van der Waals surface area contributed by atoms with Crippen molar-refractivity contribution in [2.24, 2.45) is 0 Å². The molecule has 98 valence electrons. The normalized spacial score (nSPS) is 10.8. The minimum atomic E-state index is -0.429. The molecule has 1 aromatic rings. The van der Waals surface area contributed by atoms with Gasteiger partial charge in [0, 0.05) is 6.08 Å². The number of ether oxygens (including phenoxy) is 2. The number of rotatable bonds is 5. The molecule has 0 atom stereocenters. The molecule has 0 saturated heterocycles. The minimum Gasteiger partial charge on any atom is -0.490 e. The van der Waals surface area contributed by atoms with Crippen LogP contribution in [0.15, 0.2) is 36.9 Å². The summed E-state index contributed by atoms with van der Waals surface area (Å²) in [6.45, 7) is 10.4. The van der Waals surface area contributed by atoms with Crippen molar-refractivity contribution < 1.29 is 14.3 Å². The molecule has 3 heteroatoms. The lowest BCUT2D eigenvalue weighted by atomic mass is 9.87. The van der Waals surface area contributed by atoms with Crippen molar-refractivity contribution in [3.05, 3.63) is 42.5 Å². The van der Waals surface area contributed by atoms with Gasteiger partial charge in [-0.1, -0.05) is 39.5 Å². The summed E-state index contributed by atoms with van der Waals surface area (Å²) in [7, 11) is 0. The molecule has 0 aliphatic carbocycles. The Bertz CT molecular complexity index is 399. The predicted octanol–water partition coefficient (Wildman–Crippen LogP) is 3.09. The quantitative estimate of drug-likeness (QED) is 0.456. The first-order valence-corrected chi connectivity index (χ1v) is 5.96. The van der Waals surface area contributed by atoms with Gasteiger partial charge in [-0.3, -0.25) is 0 Å². The molecule has 0 fully saturated rings. The summed E-state index contributed by atoms with van der Waals surface area (Å²) in [5, 5.41) is 0. The molecule has 0 spiro atoms. The van der Waals surface area contributed by atoms with Gasteiger partial charge in [-0.05, 0) is 23.1 Å². The third-order valence-electron chi connectivity index (χ3n) is 2.48. The zero-order chi connectivity index (χ0) is 13.6. The second-order valence-electron chi connectivity index (χ2n) is 4.99. The number of esters is 1. The third-order valence-corrected chi connectivity index (χ3v) is 2.48. The molecule has 0 aliphatic rings. The van der Waals surface area contributed by atoms with Crippen LogP contribution < -0.4 is 4.74 Å². The molecular weight excluding hydrogens is 228 g/mol. The van der Waals surface area contributed by atoms with E-state index in [0.29, 0.717) is 6.61 Å². The van der Waals surface area contributed by atoms with Crippen molar-refractivity contribution in [3.63, 3.8) is 0 Å². The van der Waals surface area contributed by atoms with E-state index in [4.69, 9.17) is 9.47 Å². The van der Waals surface area contributed by atoms with E-state index >= 15 is 0 Å². The average Bonchev–Trinajstić information content (AvgIpc) is 2.33. The number of hydrogen-bond acceptors (Lipinski definition) is 3. The first-order valence-electron chi connectivity index (χ1n) is 5.96. The number of carbonyl (C=O) groups excluding carboxylic acids is 1. The van der Waals surface area contributed by atoms with Gasteiger partial charge in [0.15, 0.2) is 0 Å². The predicted molar refractivity (Wildman–Crippen MR) is 71.8 cm³/mol. The fraction of sp³-hybridized carbons (Fsp3) is 0.400. The number of benzene rings is 1. The number of hydrogen-bond donors (Lipinski definition) is 0. The Morgan fingerprint density at radius 3 is 2.33 bits per heavy atom. The SMILES string of the molecule is C=CC(=O)OCCOc1ccc(C(C)(C)C)cc1. The summed E-state index contributed by atoms with van der Waals surface area (Å²) in [5.41, 5.74) is 1.39. The van der Waals surface area contributed by atoms with Crippen molar-refractivity contribution in [1.82, 2.24) is 0 Å². The lowest BCUT2D eigenvalue weighted by molar-refractivity contribution is -0.138. The topological polar surface area (TPSA) is 35.5 Å². The highest BCUT2D eigenvalue weighted by Gasteiger charge is 2.12. The van der Waals surface area contributed by atoms with E-state index < -0.39 is 5.97 Å². The second kappa shape index (κ2) is 6.24. The molecule has 1 aromatic carbocycles. The van der Waals surface area contributed by atoms with Crippen LogP contribution in [0, 0.1) is 0 Å². The van der Waals surface area contributed by atoms with Crippen molar-refractivity contribution in [2.75, 3.05) is 13.2 Å².